The van der Waals surface area contributed by atoms with Gasteiger partial charge in [-0.25, -0.2) is 9.59 Å². The van der Waals surface area contributed by atoms with Gasteiger partial charge in [0.25, 0.3) is 0 Å². The lowest BCUT2D eigenvalue weighted by atomic mass is 10.0. The molecule has 0 heterocycles. The Morgan fingerprint density at radius 2 is 1.67 bits per heavy atom. The third-order valence-electron chi connectivity index (χ3n) is 4.14. The van der Waals surface area contributed by atoms with Crippen LogP contribution in [0.4, 0.5) is 4.79 Å². The van der Waals surface area contributed by atoms with Gasteiger partial charge in [-0.15, -0.1) is 0 Å². The highest BCUT2D eigenvalue weighted by atomic mass is 16.5. The Labute approximate surface area is 174 Å². The van der Waals surface area contributed by atoms with E-state index >= 15 is 0 Å². The number of carboxylic acid groups (broad SMARTS) is 1. The fourth-order valence-electron chi connectivity index (χ4n) is 2.51. The maximum Gasteiger partial charge on any atom is 0.408 e. The molecule has 0 fully saturated rings. The molecule has 10 heteroatoms. The molecular formula is C20H28N2O8. The fraction of sp³-hybridized carbons (Fsp3) is 0.500. The number of hydrogen-bond acceptors (Lipinski definition) is 7. The zero-order valence-electron chi connectivity index (χ0n) is 17.2. The van der Waals surface area contributed by atoms with Crippen LogP contribution in [0.2, 0.25) is 0 Å². The molecule has 0 aromatic heterocycles. The highest BCUT2D eigenvalue weighted by Crippen LogP contribution is 2.10. The summed E-state index contributed by atoms with van der Waals surface area (Å²) < 4.78 is 9.85. The zero-order chi connectivity index (χ0) is 22.7. The number of aliphatic hydroxyl groups is 1. The number of hydrogen-bond donors (Lipinski definition) is 4. The number of carbonyl (C=O) groups is 4. The number of carbonyl (C=O) groups excluding carboxylic acids is 3. The molecule has 0 radical (unpaired) electrons. The Morgan fingerprint density at radius 1 is 1.03 bits per heavy atom. The standard InChI is InChI=1S/C20H28N2O8/c1-4-29-19(27)12(2)10-15(18(25)26)21-17(24)16(13(3)23)22-20(28)30-11-14-8-6-5-7-9-14/h5-9,12-13,15-16,23H,4,10-11H2,1-3H3,(H,21,24)(H,22,28)(H,25,26)/t12-,13-,15-,16+/m1/s1. The Balaban J connectivity index is 2.70. The summed E-state index contributed by atoms with van der Waals surface area (Å²) in [6.07, 6.45) is -2.50. The summed E-state index contributed by atoms with van der Waals surface area (Å²) in [4.78, 5) is 47.7. The third kappa shape index (κ3) is 8.48. The fourth-order valence-corrected chi connectivity index (χ4v) is 2.51. The van der Waals surface area contributed by atoms with Crippen molar-refractivity contribution in [2.75, 3.05) is 6.61 Å². The molecule has 0 saturated heterocycles. The van der Waals surface area contributed by atoms with Crippen molar-refractivity contribution < 1.29 is 38.9 Å². The van der Waals surface area contributed by atoms with E-state index in [2.05, 4.69) is 10.6 Å². The van der Waals surface area contributed by atoms with Crippen LogP contribution < -0.4 is 10.6 Å². The molecule has 0 aliphatic carbocycles. The van der Waals surface area contributed by atoms with E-state index in [9.17, 15) is 29.4 Å². The van der Waals surface area contributed by atoms with Gasteiger partial charge >= 0.3 is 18.0 Å². The normalized spacial score (nSPS) is 14.5. The Hall–Kier alpha value is -3.14. The van der Waals surface area contributed by atoms with E-state index < -0.39 is 48.0 Å². The molecule has 1 aromatic rings. The molecule has 4 N–H and O–H groups in total. The predicted octanol–water partition coefficient (Wildman–Crippen LogP) is 0.821. The average molecular weight is 424 g/mol. The first-order valence-corrected chi connectivity index (χ1v) is 9.50. The smallest absolute Gasteiger partial charge is 0.408 e. The van der Waals surface area contributed by atoms with Crippen molar-refractivity contribution in [2.24, 2.45) is 5.92 Å². The maximum absolute atomic E-state index is 12.5. The summed E-state index contributed by atoms with van der Waals surface area (Å²) in [5.74, 6) is -3.66. The number of esters is 1. The van der Waals surface area contributed by atoms with Crippen LogP contribution in [0.3, 0.4) is 0 Å². The van der Waals surface area contributed by atoms with E-state index in [1.54, 1.807) is 37.3 Å². The summed E-state index contributed by atoms with van der Waals surface area (Å²) in [5.41, 5.74) is 0.726. The molecule has 166 valence electrons. The molecule has 0 unspecified atom stereocenters. The van der Waals surface area contributed by atoms with E-state index in [0.717, 1.165) is 5.56 Å². The lowest BCUT2D eigenvalue weighted by molar-refractivity contribution is -0.149. The largest absolute Gasteiger partial charge is 0.480 e. The molecule has 1 aromatic carbocycles. The molecule has 30 heavy (non-hydrogen) atoms. The summed E-state index contributed by atoms with van der Waals surface area (Å²) in [6.45, 7) is 4.46. The highest BCUT2D eigenvalue weighted by Gasteiger charge is 2.32. The van der Waals surface area contributed by atoms with Gasteiger partial charge < -0.3 is 30.3 Å². The number of amides is 2. The zero-order valence-corrected chi connectivity index (χ0v) is 17.2. The number of rotatable bonds is 11. The van der Waals surface area contributed by atoms with Gasteiger partial charge in [-0.3, -0.25) is 9.59 Å². The van der Waals surface area contributed by atoms with Crippen LogP contribution in [0.5, 0.6) is 0 Å². The summed E-state index contributed by atoms with van der Waals surface area (Å²) in [5, 5.41) is 23.7. The molecule has 0 spiro atoms. The topological polar surface area (TPSA) is 151 Å². The number of ether oxygens (including phenoxy) is 2. The second-order valence-corrected chi connectivity index (χ2v) is 6.71. The number of aliphatic hydroxyl groups excluding tert-OH is 1. The molecule has 0 aliphatic rings. The Morgan fingerprint density at radius 3 is 2.20 bits per heavy atom. The minimum Gasteiger partial charge on any atom is -0.480 e. The highest BCUT2D eigenvalue weighted by molar-refractivity contribution is 5.90. The van der Waals surface area contributed by atoms with Crippen LogP contribution in [0, 0.1) is 5.92 Å². The number of nitrogens with one attached hydrogen (secondary N) is 2. The SMILES string of the molecule is CCOC(=O)[C@H](C)C[C@@H](NC(=O)[C@@H](NC(=O)OCc1ccccc1)[C@@H](C)O)C(=O)O. The van der Waals surface area contributed by atoms with Crippen LogP contribution in [0.1, 0.15) is 32.8 Å². The average Bonchev–Trinajstić information content (AvgIpc) is 2.70. The molecule has 0 aliphatic heterocycles. The third-order valence-corrected chi connectivity index (χ3v) is 4.14. The van der Waals surface area contributed by atoms with Gasteiger partial charge in [-0.1, -0.05) is 37.3 Å². The summed E-state index contributed by atoms with van der Waals surface area (Å²) >= 11 is 0. The first-order valence-electron chi connectivity index (χ1n) is 9.50. The van der Waals surface area contributed by atoms with Crippen LogP contribution in [0.25, 0.3) is 0 Å². The van der Waals surface area contributed by atoms with Crippen molar-refractivity contribution in [3.8, 4) is 0 Å². The van der Waals surface area contributed by atoms with Gasteiger partial charge in [0.2, 0.25) is 5.91 Å². The van der Waals surface area contributed by atoms with Crippen molar-refractivity contribution in [1.82, 2.24) is 10.6 Å². The molecular weight excluding hydrogens is 396 g/mol. The number of aliphatic carboxylic acids is 1. The van der Waals surface area contributed by atoms with Gasteiger partial charge in [-0.05, 0) is 25.8 Å². The molecule has 4 atom stereocenters. The van der Waals surface area contributed by atoms with Crippen LogP contribution >= 0.6 is 0 Å². The van der Waals surface area contributed by atoms with Crippen molar-refractivity contribution in [3.05, 3.63) is 35.9 Å². The summed E-state index contributed by atoms with van der Waals surface area (Å²) in [6, 6.07) is 5.97. The van der Waals surface area contributed by atoms with E-state index in [-0.39, 0.29) is 19.6 Å². The lowest BCUT2D eigenvalue weighted by Gasteiger charge is -2.24. The number of alkyl carbamates (subject to hydrolysis) is 1. The quantitative estimate of drug-likeness (QED) is 0.381. The number of carboxylic acids is 1. The minimum absolute atomic E-state index is 0.0460. The van der Waals surface area contributed by atoms with Crippen molar-refractivity contribution in [3.63, 3.8) is 0 Å². The van der Waals surface area contributed by atoms with Crippen LogP contribution in [0.15, 0.2) is 30.3 Å². The van der Waals surface area contributed by atoms with Gasteiger partial charge in [-0.2, -0.15) is 0 Å². The summed E-state index contributed by atoms with van der Waals surface area (Å²) in [7, 11) is 0. The second kappa shape index (κ2) is 12.4. The van der Waals surface area contributed by atoms with Crippen molar-refractivity contribution >= 4 is 23.9 Å². The van der Waals surface area contributed by atoms with E-state index in [4.69, 9.17) is 9.47 Å². The molecule has 0 bridgehead atoms. The Bertz CT molecular complexity index is 723. The predicted molar refractivity (Wildman–Crippen MR) is 105 cm³/mol. The van der Waals surface area contributed by atoms with Gasteiger partial charge in [0, 0.05) is 0 Å². The first-order chi connectivity index (χ1) is 14.1. The Kier molecular flexibility index (Phi) is 10.3. The number of benzene rings is 1. The first kappa shape index (κ1) is 24.9. The van der Waals surface area contributed by atoms with E-state index in [1.165, 1.54) is 13.8 Å². The second-order valence-electron chi connectivity index (χ2n) is 6.71. The van der Waals surface area contributed by atoms with E-state index in [0.29, 0.717) is 0 Å². The van der Waals surface area contributed by atoms with Crippen molar-refractivity contribution in [2.45, 2.75) is 52.0 Å². The molecule has 0 saturated carbocycles. The lowest BCUT2D eigenvalue weighted by Crippen LogP contribution is -2.56. The molecule has 10 nitrogen and oxygen atoms in total. The monoisotopic (exact) mass is 424 g/mol. The van der Waals surface area contributed by atoms with Gasteiger partial charge in [0.1, 0.15) is 18.7 Å². The van der Waals surface area contributed by atoms with Crippen molar-refractivity contribution in [1.29, 1.82) is 0 Å². The van der Waals surface area contributed by atoms with Gasteiger partial charge in [0.05, 0.1) is 18.6 Å². The minimum atomic E-state index is -1.45. The van der Waals surface area contributed by atoms with Gasteiger partial charge in [0.15, 0.2) is 0 Å². The molecule has 2 amide bonds. The molecule has 1 rings (SSSR count). The van der Waals surface area contributed by atoms with Crippen LogP contribution in [-0.4, -0.2) is 58.9 Å². The van der Waals surface area contributed by atoms with E-state index in [1.807, 2.05) is 0 Å². The van der Waals surface area contributed by atoms with Crippen LogP contribution in [-0.2, 0) is 30.5 Å². The maximum atomic E-state index is 12.5.